The molecule has 0 spiro atoms. The zero-order valence-electron chi connectivity index (χ0n) is 12.9. The molecule has 0 bridgehead atoms. The van der Waals surface area contributed by atoms with Crippen molar-refractivity contribution in [1.29, 1.82) is 5.26 Å². The highest BCUT2D eigenvalue weighted by atomic mass is 16.5. The van der Waals surface area contributed by atoms with Gasteiger partial charge in [-0.15, -0.1) is 0 Å². The second kappa shape index (κ2) is 6.45. The molecule has 1 heterocycles. The summed E-state index contributed by atoms with van der Waals surface area (Å²) in [6, 6.07) is 8.46. The Labute approximate surface area is 125 Å². The van der Waals surface area contributed by atoms with Crippen LogP contribution in [-0.4, -0.2) is 12.3 Å². The molecule has 0 aliphatic carbocycles. The minimum atomic E-state index is -0.241. The normalized spacial score (nSPS) is 12.0. The van der Waals surface area contributed by atoms with E-state index in [0.717, 1.165) is 40.3 Å². The van der Waals surface area contributed by atoms with E-state index >= 15 is 0 Å². The molecule has 21 heavy (non-hydrogen) atoms. The minimum absolute atomic E-state index is 0.241. The predicted molar refractivity (Wildman–Crippen MR) is 80.4 cm³/mol. The summed E-state index contributed by atoms with van der Waals surface area (Å²) >= 11 is 0. The van der Waals surface area contributed by atoms with Crippen LogP contribution in [0, 0.1) is 25.2 Å². The number of nitriles is 1. The molecule has 4 nitrogen and oxygen atoms in total. The molecule has 0 saturated heterocycles. The summed E-state index contributed by atoms with van der Waals surface area (Å²) in [5, 5.41) is 13.4. The van der Waals surface area contributed by atoms with Crippen LogP contribution < -0.4 is 4.74 Å². The first-order valence-electron chi connectivity index (χ1n) is 7.08. The Morgan fingerprint density at radius 2 is 2.14 bits per heavy atom. The Hall–Kier alpha value is -2.28. The van der Waals surface area contributed by atoms with Gasteiger partial charge in [-0.05, 0) is 43.9 Å². The summed E-state index contributed by atoms with van der Waals surface area (Å²) in [6.07, 6.45) is 1.55. The first-order chi connectivity index (χ1) is 10.1. The molecule has 1 atom stereocenters. The molecule has 2 rings (SSSR count). The van der Waals surface area contributed by atoms with E-state index in [1.54, 1.807) is 7.11 Å². The summed E-state index contributed by atoms with van der Waals surface area (Å²) < 4.78 is 10.5. The molecule has 4 heteroatoms. The van der Waals surface area contributed by atoms with Crippen LogP contribution in [0.2, 0.25) is 0 Å². The van der Waals surface area contributed by atoms with Gasteiger partial charge in [0.2, 0.25) is 0 Å². The number of ether oxygens (including phenoxy) is 1. The summed E-state index contributed by atoms with van der Waals surface area (Å²) in [7, 11) is 1.68. The van der Waals surface area contributed by atoms with Crippen LogP contribution in [0.5, 0.6) is 5.75 Å². The Morgan fingerprint density at radius 3 is 2.67 bits per heavy atom. The van der Waals surface area contributed by atoms with Crippen molar-refractivity contribution < 1.29 is 9.26 Å². The van der Waals surface area contributed by atoms with Gasteiger partial charge in [-0.1, -0.05) is 24.2 Å². The van der Waals surface area contributed by atoms with Gasteiger partial charge in [-0.3, -0.25) is 0 Å². The third-order valence-electron chi connectivity index (χ3n) is 3.76. The first-order valence-corrected chi connectivity index (χ1v) is 7.08. The van der Waals surface area contributed by atoms with Crippen molar-refractivity contribution in [1.82, 2.24) is 5.16 Å². The Morgan fingerprint density at radius 1 is 1.38 bits per heavy atom. The van der Waals surface area contributed by atoms with E-state index in [1.165, 1.54) is 0 Å². The predicted octanol–water partition coefficient (Wildman–Crippen LogP) is 3.71. The molecular weight excluding hydrogens is 264 g/mol. The van der Waals surface area contributed by atoms with Crippen molar-refractivity contribution in [3.8, 4) is 11.8 Å². The highest BCUT2D eigenvalue weighted by molar-refractivity contribution is 5.39. The molecule has 1 aromatic heterocycles. The van der Waals surface area contributed by atoms with Crippen molar-refractivity contribution >= 4 is 0 Å². The lowest BCUT2D eigenvalue weighted by Gasteiger charge is -2.12. The number of hydrogen-bond donors (Lipinski definition) is 0. The minimum Gasteiger partial charge on any atom is -0.496 e. The van der Waals surface area contributed by atoms with E-state index in [-0.39, 0.29) is 5.92 Å². The highest BCUT2D eigenvalue weighted by Gasteiger charge is 2.21. The molecule has 0 amide bonds. The number of methoxy groups -OCH3 is 1. The van der Waals surface area contributed by atoms with Gasteiger partial charge in [-0.2, -0.15) is 5.26 Å². The van der Waals surface area contributed by atoms with Gasteiger partial charge in [0.25, 0.3) is 0 Å². The fourth-order valence-corrected chi connectivity index (χ4v) is 2.67. The maximum atomic E-state index is 9.49. The van der Waals surface area contributed by atoms with E-state index in [9.17, 15) is 5.26 Å². The van der Waals surface area contributed by atoms with Gasteiger partial charge in [-0.25, -0.2) is 0 Å². The molecule has 0 aliphatic heterocycles. The average Bonchev–Trinajstić information content (AvgIpc) is 2.83. The molecule has 110 valence electrons. The molecule has 1 aromatic carbocycles. The summed E-state index contributed by atoms with van der Waals surface area (Å²) in [4.78, 5) is 0. The van der Waals surface area contributed by atoms with E-state index in [1.807, 2.05) is 26.0 Å². The maximum absolute atomic E-state index is 9.49. The Kier molecular flexibility index (Phi) is 4.64. The van der Waals surface area contributed by atoms with Crippen molar-refractivity contribution in [2.45, 2.75) is 39.5 Å². The van der Waals surface area contributed by atoms with Gasteiger partial charge in [0.1, 0.15) is 11.5 Å². The average molecular weight is 284 g/mol. The molecule has 0 N–H and O–H groups in total. The largest absolute Gasteiger partial charge is 0.496 e. The fraction of sp³-hybridized carbons (Fsp3) is 0.412. The number of benzene rings is 1. The van der Waals surface area contributed by atoms with Crippen molar-refractivity contribution in [2.24, 2.45) is 0 Å². The molecular formula is C17H20N2O2. The first kappa shape index (κ1) is 15.1. The van der Waals surface area contributed by atoms with E-state index in [2.05, 4.69) is 24.2 Å². The fourth-order valence-electron chi connectivity index (χ4n) is 2.67. The van der Waals surface area contributed by atoms with E-state index < -0.39 is 0 Å². The van der Waals surface area contributed by atoms with Gasteiger partial charge < -0.3 is 9.26 Å². The van der Waals surface area contributed by atoms with E-state index in [0.29, 0.717) is 6.42 Å². The van der Waals surface area contributed by atoms with Crippen LogP contribution in [0.25, 0.3) is 0 Å². The molecule has 1 unspecified atom stereocenters. The third-order valence-corrected chi connectivity index (χ3v) is 3.76. The highest BCUT2D eigenvalue weighted by Crippen LogP contribution is 2.28. The molecule has 2 aromatic rings. The summed E-state index contributed by atoms with van der Waals surface area (Å²) in [5.74, 6) is 1.38. The summed E-state index contributed by atoms with van der Waals surface area (Å²) in [6.45, 7) is 5.82. The molecule has 0 aliphatic rings. The summed E-state index contributed by atoms with van der Waals surface area (Å²) in [5.41, 5.74) is 3.99. The maximum Gasteiger partial charge on any atom is 0.138 e. The lowest BCUT2D eigenvalue weighted by atomic mass is 9.91. The Balaban J connectivity index is 2.30. The second-order valence-corrected chi connectivity index (χ2v) is 5.12. The lowest BCUT2D eigenvalue weighted by molar-refractivity contribution is 0.392. The van der Waals surface area contributed by atoms with Gasteiger partial charge >= 0.3 is 0 Å². The number of aryl methyl sites for hydroxylation is 3. The van der Waals surface area contributed by atoms with Crippen LogP contribution in [-0.2, 0) is 12.8 Å². The standard InChI is InChI=1S/C17H20N2O2/c1-5-14-8-13(6-7-16(14)20-4)9-15(10-18)17-11(2)19-21-12(17)3/h6-8,15H,5,9H2,1-4H3. The van der Waals surface area contributed by atoms with Crippen LogP contribution >= 0.6 is 0 Å². The zero-order valence-corrected chi connectivity index (χ0v) is 12.9. The van der Waals surface area contributed by atoms with Crippen molar-refractivity contribution in [3.05, 3.63) is 46.3 Å². The number of nitrogens with zero attached hydrogens (tertiary/aromatic N) is 2. The molecule has 0 radical (unpaired) electrons. The van der Waals surface area contributed by atoms with Gasteiger partial charge in [0.15, 0.2) is 0 Å². The smallest absolute Gasteiger partial charge is 0.138 e. The van der Waals surface area contributed by atoms with Crippen molar-refractivity contribution in [3.63, 3.8) is 0 Å². The van der Waals surface area contributed by atoms with E-state index in [4.69, 9.17) is 9.26 Å². The van der Waals surface area contributed by atoms with Crippen LogP contribution in [0.1, 0.15) is 41.0 Å². The third kappa shape index (κ3) is 3.08. The number of hydrogen-bond acceptors (Lipinski definition) is 4. The van der Waals surface area contributed by atoms with Gasteiger partial charge in [0.05, 0.1) is 24.8 Å². The number of rotatable bonds is 5. The second-order valence-electron chi connectivity index (χ2n) is 5.12. The van der Waals surface area contributed by atoms with Crippen molar-refractivity contribution in [2.75, 3.05) is 7.11 Å². The van der Waals surface area contributed by atoms with Gasteiger partial charge in [0, 0.05) is 5.56 Å². The SMILES string of the molecule is CCc1cc(CC(C#N)c2c(C)noc2C)ccc1OC. The molecule has 0 fully saturated rings. The zero-order chi connectivity index (χ0) is 15.4. The lowest BCUT2D eigenvalue weighted by Crippen LogP contribution is -2.04. The quantitative estimate of drug-likeness (QED) is 0.839. The van der Waals surface area contributed by atoms with Crippen LogP contribution in [0.15, 0.2) is 22.7 Å². The molecule has 0 saturated carbocycles. The van der Waals surface area contributed by atoms with Crippen LogP contribution in [0.3, 0.4) is 0 Å². The topological polar surface area (TPSA) is 59.0 Å². The number of aromatic nitrogens is 1. The van der Waals surface area contributed by atoms with Crippen LogP contribution in [0.4, 0.5) is 0 Å². The monoisotopic (exact) mass is 284 g/mol. The Bertz CT molecular complexity index is 648.